The summed E-state index contributed by atoms with van der Waals surface area (Å²) < 4.78 is 7.38. The molecule has 2 aromatic carbocycles. The SMILES string of the molecule is O=[N+]([O-])c1ccc(-c2nn3c(-c4ccc(-c5cccc([N+](=O)[O-])c5)o4)nnc3s2)cc1. The number of rotatable bonds is 5. The smallest absolute Gasteiger partial charge is 0.270 e. The molecule has 0 N–H and O–H groups in total. The lowest BCUT2D eigenvalue weighted by Gasteiger charge is -1.97. The fourth-order valence-electron chi connectivity index (χ4n) is 3.00. The van der Waals surface area contributed by atoms with Gasteiger partial charge >= 0.3 is 0 Å². The molecule has 0 spiro atoms. The van der Waals surface area contributed by atoms with E-state index < -0.39 is 9.85 Å². The number of aromatic nitrogens is 4. The van der Waals surface area contributed by atoms with Crippen LogP contribution in [0.15, 0.2) is 65.1 Å². The molecule has 12 heteroatoms. The van der Waals surface area contributed by atoms with E-state index in [1.807, 2.05) is 0 Å². The molecule has 0 fully saturated rings. The van der Waals surface area contributed by atoms with E-state index in [4.69, 9.17) is 4.42 Å². The van der Waals surface area contributed by atoms with Crippen LogP contribution in [0.2, 0.25) is 0 Å². The summed E-state index contributed by atoms with van der Waals surface area (Å²) in [4.78, 5) is 21.4. The van der Waals surface area contributed by atoms with Crippen molar-refractivity contribution < 1.29 is 14.3 Å². The first-order valence-electron chi connectivity index (χ1n) is 8.82. The van der Waals surface area contributed by atoms with Crippen molar-refractivity contribution in [1.82, 2.24) is 19.8 Å². The topological polar surface area (TPSA) is 142 Å². The molecular weight excluding hydrogens is 424 g/mol. The van der Waals surface area contributed by atoms with Crippen molar-refractivity contribution in [2.24, 2.45) is 0 Å². The molecule has 0 amide bonds. The first-order valence-corrected chi connectivity index (χ1v) is 9.63. The number of nitro groups is 2. The van der Waals surface area contributed by atoms with Gasteiger partial charge in [0.15, 0.2) is 5.76 Å². The van der Waals surface area contributed by atoms with Crippen molar-refractivity contribution in [3.8, 4) is 33.5 Å². The summed E-state index contributed by atoms with van der Waals surface area (Å²) in [6.45, 7) is 0. The van der Waals surface area contributed by atoms with Gasteiger partial charge in [-0.3, -0.25) is 20.2 Å². The Morgan fingerprint density at radius 3 is 2.32 bits per heavy atom. The zero-order valence-corrected chi connectivity index (χ0v) is 16.2. The van der Waals surface area contributed by atoms with Crippen LogP contribution in [0, 0.1) is 20.2 Å². The lowest BCUT2D eigenvalue weighted by Crippen LogP contribution is -1.90. The summed E-state index contributed by atoms with van der Waals surface area (Å²) in [6.07, 6.45) is 0. The Balaban J connectivity index is 1.50. The standard InChI is InChI=1S/C19H10N6O5S/c26-24(27)13-6-4-11(5-7-13)18-22-23-17(20-21-19(23)31-18)16-9-8-15(30-16)12-2-1-3-14(10-12)25(28)29/h1-10H. The predicted molar refractivity (Wildman–Crippen MR) is 111 cm³/mol. The van der Waals surface area contributed by atoms with E-state index in [0.717, 1.165) is 0 Å². The molecule has 0 radical (unpaired) electrons. The molecule has 0 aliphatic carbocycles. The zero-order chi connectivity index (χ0) is 21.5. The van der Waals surface area contributed by atoms with Crippen molar-refractivity contribution in [2.75, 3.05) is 0 Å². The van der Waals surface area contributed by atoms with Gasteiger partial charge in [0.25, 0.3) is 11.4 Å². The highest BCUT2D eigenvalue weighted by atomic mass is 32.1. The van der Waals surface area contributed by atoms with Gasteiger partial charge in [-0.2, -0.15) is 9.61 Å². The molecule has 0 aliphatic heterocycles. The van der Waals surface area contributed by atoms with Crippen LogP contribution >= 0.6 is 11.3 Å². The summed E-state index contributed by atoms with van der Waals surface area (Å²) in [5.74, 6) is 1.21. The Kier molecular flexibility index (Phi) is 4.26. The molecule has 0 aliphatic rings. The van der Waals surface area contributed by atoms with Gasteiger partial charge in [0.05, 0.1) is 9.85 Å². The summed E-state index contributed by atoms with van der Waals surface area (Å²) in [5.41, 5.74) is 1.24. The second-order valence-corrected chi connectivity index (χ2v) is 7.36. The van der Waals surface area contributed by atoms with Gasteiger partial charge in [0.2, 0.25) is 10.8 Å². The number of benzene rings is 2. The van der Waals surface area contributed by atoms with E-state index in [2.05, 4.69) is 15.3 Å². The highest BCUT2D eigenvalue weighted by molar-refractivity contribution is 7.19. The quantitative estimate of drug-likeness (QED) is 0.288. The molecule has 0 bridgehead atoms. The first-order chi connectivity index (χ1) is 15.0. The van der Waals surface area contributed by atoms with E-state index >= 15 is 0 Å². The van der Waals surface area contributed by atoms with E-state index in [-0.39, 0.29) is 11.4 Å². The second kappa shape index (κ2) is 7.11. The van der Waals surface area contributed by atoms with Crippen molar-refractivity contribution in [2.45, 2.75) is 0 Å². The summed E-state index contributed by atoms with van der Waals surface area (Å²) in [6, 6.07) is 15.6. The maximum atomic E-state index is 11.0. The molecule has 0 atom stereocenters. The number of fused-ring (bicyclic) bond motifs is 1. The maximum Gasteiger partial charge on any atom is 0.270 e. The molecule has 0 saturated heterocycles. The normalized spacial score (nSPS) is 11.1. The Hall–Kier alpha value is -4.45. The van der Waals surface area contributed by atoms with Crippen LogP contribution in [0.25, 0.3) is 38.4 Å². The van der Waals surface area contributed by atoms with Crippen LogP contribution in [0.5, 0.6) is 0 Å². The Labute approximate surface area is 176 Å². The molecule has 0 saturated carbocycles. The summed E-state index contributed by atoms with van der Waals surface area (Å²) in [5, 5.41) is 35.2. The first kappa shape index (κ1) is 18.6. The number of hydrogen-bond donors (Lipinski definition) is 0. The zero-order valence-electron chi connectivity index (χ0n) is 15.4. The molecule has 0 unspecified atom stereocenters. The van der Waals surface area contributed by atoms with Gasteiger partial charge in [-0.05, 0) is 24.3 Å². The van der Waals surface area contributed by atoms with E-state index in [1.165, 1.54) is 40.1 Å². The Morgan fingerprint density at radius 2 is 1.58 bits per heavy atom. The summed E-state index contributed by atoms with van der Waals surface area (Å²) in [7, 11) is 0. The largest absolute Gasteiger partial charge is 0.453 e. The Morgan fingerprint density at radius 1 is 0.839 bits per heavy atom. The minimum Gasteiger partial charge on any atom is -0.453 e. The highest BCUT2D eigenvalue weighted by Crippen LogP contribution is 2.32. The van der Waals surface area contributed by atoms with Crippen LogP contribution in [0.1, 0.15) is 0 Å². The molecule has 3 aromatic heterocycles. The van der Waals surface area contributed by atoms with Crippen molar-refractivity contribution >= 4 is 27.7 Å². The van der Waals surface area contributed by atoms with Crippen LogP contribution < -0.4 is 0 Å². The molecule has 152 valence electrons. The van der Waals surface area contributed by atoms with Gasteiger partial charge in [-0.1, -0.05) is 23.5 Å². The van der Waals surface area contributed by atoms with Crippen LogP contribution in [-0.4, -0.2) is 29.7 Å². The highest BCUT2D eigenvalue weighted by Gasteiger charge is 2.19. The van der Waals surface area contributed by atoms with E-state index in [1.54, 1.807) is 36.4 Å². The fourth-order valence-corrected chi connectivity index (χ4v) is 3.84. The average molecular weight is 434 g/mol. The third-order valence-electron chi connectivity index (χ3n) is 4.48. The monoisotopic (exact) mass is 434 g/mol. The predicted octanol–water partition coefficient (Wildman–Crippen LogP) is 4.60. The molecule has 3 heterocycles. The second-order valence-electron chi connectivity index (χ2n) is 6.40. The number of hydrogen-bond acceptors (Lipinski definition) is 9. The Bertz CT molecular complexity index is 1450. The van der Waals surface area contributed by atoms with Gasteiger partial charge in [-0.15, -0.1) is 10.2 Å². The third-order valence-corrected chi connectivity index (χ3v) is 5.43. The number of furan rings is 1. The van der Waals surface area contributed by atoms with E-state index in [0.29, 0.717) is 38.4 Å². The van der Waals surface area contributed by atoms with Gasteiger partial charge in [0.1, 0.15) is 10.8 Å². The minimum atomic E-state index is -0.468. The number of nitro benzene ring substituents is 2. The lowest BCUT2D eigenvalue weighted by molar-refractivity contribution is -0.385. The molecule has 5 aromatic rings. The van der Waals surface area contributed by atoms with Crippen LogP contribution in [0.4, 0.5) is 11.4 Å². The van der Waals surface area contributed by atoms with Gasteiger partial charge in [-0.25, -0.2) is 0 Å². The average Bonchev–Trinajstić information content (AvgIpc) is 3.49. The molecular formula is C19H10N6O5S. The molecule has 31 heavy (non-hydrogen) atoms. The van der Waals surface area contributed by atoms with Crippen molar-refractivity contribution in [1.29, 1.82) is 0 Å². The van der Waals surface area contributed by atoms with Gasteiger partial charge < -0.3 is 4.42 Å². The van der Waals surface area contributed by atoms with E-state index in [9.17, 15) is 20.2 Å². The van der Waals surface area contributed by atoms with Crippen LogP contribution in [-0.2, 0) is 0 Å². The van der Waals surface area contributed by atoms with Crippen LogP contribution in [0.3, 0.4) is 0 Å². The number of nitrogens with zero attached hydrogens (tertiary/aromatic N) is 6. The number of non-ortho nitro benzene ring substituents is 2. The molecule has 11 nitrogen and oxygen atoms in total. The minimum absolute atomic E-state index is 0.00305. The van der Waals surface area contributed by atoms with Crippen molar-refractivity contribution in [3.05, 3.63) is 80.9 Å². The summed E-state index contributed by atoms with van der Waals surface area (Å²) >= 11 is 1.28. The van der Waals surface area contributed by atoms with Gasteiger partial charge in [0, 0.05) is 35.4 Å². The lowest BCUT2D eigenvalue weighted by atomic mass is 10.1. The molecule has 5 rings (SSSR count). The van der Waals surface area contributed by atoms with Crippen molar-refractivity contribution in [3.63, 3.8) is 0 Å². The maximum absolute atomic E-state index is 11.0. The third kappa shape index (κ3) is 3.30. The fraction of sp³-hybridized carbons (Fsp3) is 0.